The Morgan fingerprint density at radius 3 is 3.27 bits per heavy atom. The lowest BCUT2D eigenvalue weighted by Crippen LogP contribution is -2.38. The van der Waals surface area contributed by atoms with E-state index in [1.54, 1.807) is 4.90 Å². The van der Waals surface area contributed by atoms with Crippen LogP contribution in [0.25, 0.3) is 0 Å². The maximum atomic E-state index is 11.4. The number of amides is 1. The van der Waals surface area contributed by atoms with Gasteiger partial charge in [0.05, 0.1) is 5.92 Å². The summed E-state index contributed by atoms with van der Waals surface area (Å²) in [4.78, 5) is 17.2. The SMILES string of the molecule is C=CC(=O)N1CCCC(c2ncno2)C1. The van der Waals surface area contributed by atoms with Crippen LogP contribution in [0.15, 0.2) is 23.5 Å². The molecule has 1 atom stereocenters. The standard InChI is InChI=1S/C10H13N3O2/c1-2-9(14)13-5-3-4-8(6-13)10-11-7-12-15-10/h2,7-8H,1,3-6H2. The second kappa shape index (κ2) is 4.25. The van der Waals surface area contributed by atoms with Gasteiger partial charge in [-0.05, 0) is 18.9 Å². The van der Waals surface area contributed by atoms with Crippen molar-refractivity contribution >= 4 is 5.91 Å². The Hall–Kier alpha value is -1.65. The summed E-state index contributed by atoms with van der Waals surface area (Å²) in [7, 11) is 0. The summed E-state index contributed by atoms with van der Waals surface area (Å²) in [5, 5.41) is 3.58. The smallest absolute Gasteiger partial charge is 0.245 e. The molecule has 1 fully saturated rings. The van der Waals surface area contributed by atoms with E-state index < -0.39 is 0 Å². The number of carbonyl (C=O) groups excluding carboxylic acids is 1. The average Bonchev–Trinajstić information content (AvgIpc) is 2.82. The molecule has 2 heterocycles. The van der Waals surface area contributed by atoms with Crippen LogP contribution in [-0.2, 0) is 4.79 Å². The first-order chi connectivity index (χ1) is 7.31. The number of hydrogen-bond donors (Lipinski definition) is 0. The highest BCUT2D eigenvalue weighted by atomic mass is 16.5. The normalized spacial score (nSPS) is 21.3. The molecule has 80 valence electrons. The highest BCUT2D eigenvalue weighted by Crippen LogP contribution is 2.24. The maximum Gasteiger partial charge on any atom is 0.245 e. The summed E-state index contributed by atoms with van der Waals surface area (Å²) in [6.45, 7) is 4.91. The average molecular weight is 207 g/mol. The van der Waals surface area contributed by atoms with Crippen molar-refractivity contribution in [2.45, 2.75) is 18.8 Å². The largest absolute Gasteiger partial charge is 0.339 e. The fraction of sp³-hybridized carbons (Fsp3) is 0.500. The lowest BCUT2D eigenvalue weighted by Gasteiger charge is -2.30. The number of likely N-dealkylation sites (tertiary alicyclic amines) is 1. The lowest BCUT2D eigenvalue weighted by atomic mass is 9.98. The van der Waals surface area contributed by atoms with E-state index in [4.69, 9.17) is 4.52 Å². The first-order valence-electron chi connectivity index (χ1n) is 4.99. The van der Waals surface area contributed by atoms with Crippen LogP contribution >= 0.6 is 0 Å². The lowest BCUT2D eigenvalue weighted by molar-refractivity contribution is -0.127. The Balaban J connectivity index is 2.04. The molecule has 5 nitrogen and oxygen atoms in total. The van der Waals surface area contributed by atoms with Gasteiger partial charge >= 0.3 is 0 Å². The van der Waals surface area contributed by atoms with Gasteiger partial charge in [-0.2, -0.15) is 4.98 Å². The molecule has 0 spiro atoms. The Bertz CT molecular complexity index is 348. The van der Waals surface area contributed by atoms with Crippen molar-refractivity contribution in [2.75, 3.05) is 13.1 Å². The van der Waals surface area contributed by atoms with Crippen molar-refractivity contribution in [3.63, 3.8) is 0 Å². The maximum absolute atomic E-state index is 11.4. The van der Waals surface area contributed by atoms with E-state index in [-0.39, 0.29) is 11.8 Å². The number of rotatable bonds is 2. The van der Waals surface area contributed by atoms with Crippen LogP contribution in [-0.4, -0.2) is 34.0 Å². The van der Waals surface area contributed by atoms with Crippen LogP contribution < -0.4 is 0 Å². The van der Waals surface area contributed by atoms with Crippen molar-refractivity contribution in [3.8, 4) is 0 Å². The summed E-state index contributed by atoms with van der Waals surface area (Å²) in [5.74, 6) is 0.765. The molecule has 15 heavy (non-hydrogen) atoms. The monoisotopic (exact) mass is 207 g/mol. The van der Waals surface area contributed by atoms with Crippen LogP contribution in [0.1, 0.15) is 24.7 Å². The first kappa shape index (κ1) is 9.89. The van der Waals surface area contributed by atoms with Gasteiger partial charge in [0.1, 0.15) is 0 Å². The number of aromatic nitrogens is 2. The fourth-order valence-corrected chi connectivity index (χ4v) is 1.87. The van der Waals surface area contributed by atoms with Crippen molar-refractivity contribution in [1.82, 2.24) is 15.0 Å². The van der Waals surface area contributed by atoms with Crippen LogP contribution in [0.2, 0.25) is 0 Å². The summed E-state index contributed by atoms with van der Waals surface area (Å²) in [5.41, 5.74) is 0. The topological polar surface area (TPSA) is 59.2 Å². The van der Waals surface area contributed by atoms with E-state index in [9.17, 15) is 4.79 Å². The highest BCUT2D eigenvalue weighted by Gasteiger charge is 2.26. The fourth-order valence-electron chi connectivity index (χ4n) is 1.87. The van der Waals surface area contributed by atoms with Gasteiger partial charge in [-0.1, -0.05) is 11.7 Å². The third kappa shape index (κ3) is 2.06. The molecule has 0 aromatic carbocycles. The van der Waals surface area contributed by atoms with Crippen LogP contribution in [0, 0.1) is 0 Å². The molecule has 1 aromatic heterocycles. The second-order valence-electron chi connectivity index (χ2n) is 3.61. The van der Waals surface area contributed by atoms with Crippen LogP contribution in [0.5, 0.6) is 0 Å². The van der Waals surface area contributed by atoms with Gasteiger partial charge in [0.25, 0.3) is 0 Å². The van der Waals surface area contributed by atoms with E-state index in [1.807, 2.05) is 0 Å². The van der Waals surface area contributed by atoms with E-state index in [0.29, 0.717) is 12.4 Å². The minimum atomic E-state index is -0.0285. The van der Waals surface area contributed by atoms with Crippen molar-refractivity contribution in [3.05, 3.63) is 24.9 Å². The molecule has 1 aromatic rings. The van der Waals surface area contributed by atoms with Crippen LogP contribution in [0.3, 0.4) is 0 Å². The third-order valence-corrected chi connectivity index (χ3v) is 2.64. The van der Waals surface area contributed by atoms with Gasteiger partial charge < -0.3 is 9.42 Å². The highest BCUT2D eigenvalue weighted by molar-refractivity contribution is 5.87. The molecule has 5 heteroatoms. The first-order valence-corrected chi connectivity index (χ1v) is 4.99. The Morgan fingerprint density at radius 1 is 1.73 bits per heavy atom. The molecule has 1 amide bonds. The molecule has 1 aliphatic heterocycles. The van der Waals surface area contributed by atoms with E-state index in [0.717, 1.165) is 19.4 Å². The molecule has 2 rings (SSSR count). The molecule has 1 saturated heterocycles. The van der Waals surface area contributed by atoms with Gasteiger partial charge in [0.15, 0.2) is 6.33 Å². The Morgan fingerprint density at radius 2 is 2.60 bits per heavy atom. The molecule has 0 N–H and O–H groups in total. The zero-order valence-electron chi connectivity index (χ0n) is 8.43. The quantitative estimate of drug-likeness (QED) is 0.678. The van der Waals surface area contributed by atoms with Gasteiger partial charge in [0, 0.05) is 13.1 Å². The predicted molar refractivity (Wildman–Crippen MR) is 53.1 cm³/mol. The Kier molecular flexibility index (Phi) is 2.80. The molecule has 0 bridgehead atoms. The molecular weight excluding hydrogens is 194 g/mol. The minimum absolute atomic E-state index is 0.0285. The molecule has 0 radical (unpaired) electrons. The summed E-state index contributed by atoms with van der Waals surface area (Å²) >= 11 is 0. The third-order valence-electron chi connectivity index (χ3n) is 2.64. The van der Waals surface area contributed by atoms with Gasteiger partial charge in [-0.25, -0.2) is 0 Å². The van der Waals surface area contributed by atoms with Gasteiger partial charge in [-0.15, -0.1) is 0 Å². The summed E-state index contributed by atoms with van der Waals surface area (Å²) in [6, 6.07) is 0. The zero-order valence-corrected chi connectivity index (χ0v) is 8.43. The van der Waals surface area contributed by atoms with Crippen LogP contribution in [0.4, 0.5) is 0 Å². The molecule has 0 saturated carbocycles. The number of carbonyl (C=O) groups is 1. The molecule has 1 unspecified atom stereocenters. The van der Waals surface area contributed by atoms with Crippen molar-refractivity contribution in [2.24, 2.45) is 0 Å². The predicted octanol–water partition coefficient (Wildman–Crippen LogP) is 0.962. The molecular formula is C10H13N3O2. The second-order valence-corrected chi connectivity index (χ2v) is 3.61. The van der Waals surface area contributed by atoms with Crippen molar-refractivity contribution < 1.29 is 9.32 Å². The van der Waals surface area contributed by atoms with Crippen molar-refractivity contribution in [1.29, 1.82) is 0 Å². The zero-order chi connectivity index (χ0) is 10.7. The number of hydrogen-bond acceptors (Lipinski definition) is 4. The van der Waals surface area contributed by atoms with E-state index in [2.05, 4.69) is 16.7 Å². The summed E-state index contributed by atoms with van der Waals surface area (Å²) < 4.78 is 5.01. The molecule has 0 aliphatic carbocycles. The van der Waals surface area contributed by atoms with Gasteiger partial charge in [-0.3, -0.25) is 4.79 Å². The summed E-state index contributed by atoms with van der Waals surface area (Å²) in [6.07, 6.45) is 4.69. The minimum Gasteiger partial charge on any atom is -0.339 e. The van der Waals surface area contributed by atoms with Gasteiger partial charge in [0.2, 0.25) is 11.8 Å². The Labute approximate surface area is 87.8 Å². The molecule has 1 aliphatic rings. The van der Waals surface area contributed by atoms with E-state index >= 15 is 0 Å². The number of piperidine rings is 1. The van der Waals surface area contributed by atoms with E-state index in [1.165, 1.54) is 12.4 Å². The number of nitrogens with zero attached hydrogens (tertiary/aromatic N) is 3.